The van der Waals surface area contributed by atoms with Crippen LogP contribution in [0.1, 0.15) is 44.6 Å². The summed E-state index contributed by atoms with van der Waals surface area (Å²) >= 11 is 3.52. The fourth-order valence-corrected chi connectivity index (χ4v) is 2.72. The van der Waals surface area contributed by atoms with E-state index in [4.69, 9.17) is 4.42 Å². The highest BCUT2D eigenvalue weighted by Crippen LogP contribution is 2.47. The Bertz CT molecular complexity index is 389. The fraction of sp³-hybridized carbons (Fsp3) is 0.571. The Kier molecular flexibility index (Phi) is 3.58. The predicted molar refractivity (Wildman–Crippen MR) is 71.8 cm³/mol. The van der Waals surface area contributed by atoms with Crippen LogP contribution in [0.3, 0.4) is 0 Å². The van der Waals surface area contributed by atoms with Crippen LogP contribution in [0.25, 0.3) is 6.08 Å². The SMILES string of the molecule is CC(C)C(=Cc1ccc(C2CC2C)o1)CBr. The fourth-order valence-electron chi connectivity index (χ4n) is 1.91. The van der Waals surface area contributed by atoms with Crippen molar-refractivity contribution in [1.29, 1.82) is 0 Å². The van der Waals surface area contributed by atoms with Gasteiger partial charge in [0.05, 0.1) is 0 Å². The van der Waals surface area contributed by atoms with Gasteiger partial charge in [-0.1, -0.05) is 42.3 Å². The van der Waals surface area contributed by atoms with Gasteiger partial charge in [-0.05, 0) is 36.5 Å². The van der Waals surface area contributed by atoms with E-state index >= 15 is 0 Å². The van der Waals surface area contributed by atoms with Crippen molar-refractivity contribution in [1.82, 2.24) is 0 Å². The maximum Gasteiger partial charge on any atom is 0.127 e. The summed E-state index contributed by atoms with van der Waals surface area (Å²) in [7, 11) is 0. The third-order valence-electron chi connectivity index (χ3n) is 3.35. The zero-order valence-corrected chi connectivity index (χ0v) is 11.8. The third-order valence-corrected chi connectivity index (χ3v) is 3.99. The Labute approximate surface area is 106 Å². The molecule has 2 rings (SSSR count). The largest absolute Gasteiger partial charge is 0.461 e. The number of furan rings is 1. The van der Waals surface area contributed by atoms with Crippen molar-refractivity contribution in [2.45, 2.75) is 33.1 Å². The first-order valence-corrected chi connectivity index (χ1v) is 7.10. The molecule has 0 amide bonds. The molecular formula is C14H19BrO. The molecule has 0 bridgehead atoms. The maximum absolute atomic E-state index is 5.86. The highest BCUT2D eigenvalue weighted by molar-refractivity contribution is 9.09. The molecule has 1 fully saturated rings. The Morgan fingerprint density at radius 1 is 1.56 bits per heavy atom. The van der Waals surface area contributed by atoms with Crippen molar-refractivity contribution in [2.75, 3.05) is 5.33 Å². The zero-order chi connectivity index (χ0) is 11.7. The summed E-state index contributed by atoms with van der Waals surface area (Å²) in [6, 6.07) is 4.22. The van der Waals surface area contributed by atoms with E-state index in [0.717, 1.165) is 22.8 Å². The molecule has 1 aromatic heterocycles. The molecule has 1 aliphatic carbocycles. The lowest BCUT2D eigenvalue weighted by Crippen LogP contribution is -1.94. The molecule has 0 radical (unpaired) electrons. The first-order chi connectivity index (χ1) is 7.61. The lowest BCUT2D eigenvalue weighted by atomic mass is 10.0. The standard InChI is InChI=1S/C14H19BrO/c1-9(2)11(8-15)7-12-4-5-14(16-12)13-6-10(13)3/h4-5,7,9-10,13H,6,8H2,1-3H3. The normalized spacial score (nSPS) is 25.2. The molecule has 0 saturated heterocycles. The molecule has 2 heteroatoms. The van der Waals surface area contributed by atoms with E-state index in [1.807, 2.05) is 0 Å². The van der Waals surface area contributed by atoms with Gasteiger partial charge in [-0.2, -0.15) is 0 Å². The topological polar surface area (TPSA) is 13.1 Å². The molecule has 0 aliphatic heterocycles. The van der Waals surface area contributed by atoms with E-state index in [1.54, 1.807) is 0 Å². The van der Waals surface area contributed by atoms with Crippen LogP contribution in [0.2, 0.25) is 0 Å². The summed E-state index contributed by atoms with van der Waals surface area (Å²) in [5.74, 6) is 4.21. The van der Waals surface area contributed by atoms with Gasteiger partial charge < -0.3 is 4.42 Å². The molecule has 88 valence electrons. The number of rotatable bonds is 4. The second kappa shape index (κ2) is 4.79. The van der Waals surface area contributed by atoms with Gasteiger partial charge in [0.15, 0.2) is 0 Å². The monoisotopic (exact) mass is 282 g/mol. The van der Waals surface area contributed by atoms with E-state index < -0.39 is 0 Å². The second-order valence-electron chi connectivity index (χ2n) is 5.07. The zero-order valence-electron chi connectivity index (χ0n) is 10.2. The summed E-state index contributed by atoms with van der Waals surface area (Å²) < 4.78 is 5.86. The van der Waals surface area contributed by atoms with Gasteiger partial charge in [-0.25, -0.2) is 0 Å². The molecule has 0 aromatic carbocycles. The van der Waals surface area contributed by atoms with E-state index in [-0.39, 0.29) is 0 Å². The molecule has 1 aromatic rings. The summed E-state index contributed by atoms with van der Waals surface area (Å²) in [4.78, 5) is 0. The van der Waals surface area contributed by atoms with E-state index in [1.165, 1.54) is 12.0 Å². The Hall–Kier alpha value is -0.500. The van der Waals surface area contributed by atoms with Crippen molar-refractivity contribution >= 4 is 22.0 Å². The van der Waals surface area contributed by atoms with E-state index in [0.29, 0.717) is 11.8 Å². The summed E-state index contributed by atoms with van der Waals surface area (Å²) in [5.41, 5.74) is 1.38. The Morgan fingerprint density at radius 2 is 2.25 bits per heavy atom. The number of halogens is 1. The molecule has 1 nitrogen and oxygen atoms in total. The summed E-state index contributed by atoms with van der Waals surface area (Å²) in [6.45, 7) is 6.69. The van der Waals surface area contributed by atoms with Gasteiger partial charge in [0.2, 0.25) is 0 Å². The number of allylic oxidation sites excluding steroid dienone is 1. The van der Waals surface area contributed by atoms with Crippen LogP contribution in [0.5, 0.6) is 0 Å². The van der Waals surface area contributed by atoms with Crippen LogP contribution in [0.15, 0.2) is 22.1 Å². The third kappa shape index (κ3) is 2.60. The van der Waals surface area contributed by atoms with Crippen LogP contribution in [0.4, 0.5) is 0 Å². The number of hydrogen-bond acceptors (Lipinski definition) is 1. The minimum atomic E-state index is 0.563. The minimum Gasteiger partial charge on any atom is -0.461 e. The Morgan fingerprint density at radius 3 is 2.75 bits per heavy atom. The lowest BCUT2D eigenvalue weighted by Gasteiger charge is -2.06. The molecule has 0 N–H and O–H groups in total. The molecule has 2 atom stereocenters. The number of hydrogen-bond donors (Lipinski definition) is 0. The van der Waals surface area contributed by atoms with Crippen molar-refractivity contribution in [3.05, 3.63) is 29.2 Å². The van der Waals surface area contributed by atoms with E-state index in [2.05, 4.69) is 54.9 Å². The van der Waals surface area contributed by atoms with Crippen LogP contribution >= 0.6 is 15.9 Å². The first-order valence-electron chi connectivity index (χ1n) is 5.98. The molecule has 1 saturated carbocycles. The van der Waals surface area contributed by atoms with Crippen molar-refractivity contribution in [3.8, 4) is 0 Å². The number of alkyl halides is 1. The predicted octanol–water partition coefficient (Wildman–Crippen LogP) is 4.84. The minimum absolute atomic E-state index is 0.563. The smallest absolute Gasteiger partial charge is 0.127 e. The second-order valence-corrected chi connectivity index (χ2v) is 5.63. The molecule has 1 aliphatic rings. The van der Waals surface area contributed by atoms with Gasteiger partial charge in [0, 0.05) is 11.2 Å². The van der Waals surface area contributed by atoms with Crippen LogP contribution in [-0.4, -0.2) is 5.33 Å². The van der Waals surface area contributed by atoms with Crippen molar-refractivity contribution in [2.24, 2.45) is 11.8 Å². The van der Waals surface area contributed by atoms with Gasteiger partial charge in [0.25, 0.3) is 0 Å². The van der Waals surface area contributed by atoms with Gasteiger partial charge in [-0.15, -0.1) is 0 Å². The average molecular weight is 283 g/mol. The summed E-state index contributed by atoms with van der Waals surface area (Å²) in [5, 5.41) is 0.917. The van der Waals surface area contributed by atoms with Crippen molar-refractivity contribution in [3.63, 3.8) is 0 Å². The van der Waals surface area contributed by atoms with E-state index in [9.17, 15) is 0 Å². The molecular weight excluding hydrogens is 264 g/mol. The quantitative estimate of drug-likeness (QED) is 0.721. The maximum atomic E-state index is 5.86. The average Bonchev–Trinajstić information content (AvgIpc) is 2.79. The summed E-state index contributed by atoms with van der Waals surface area (Å²) in [6.07, 6.45) is 3.45. The van der Waals surface area contributed by atoms with Gasteiger partial charge in [-0.3, -0.25) is 0 Å². The van der Waals surface area contributed by atoms with Crippen LogP contribution in [0, 0.1) is 11.8 Å². The van der Waals surface area contributed by atoms with Crippen molar-refractivity contribution < 1.29 is 4.42 Å². The Balaban J connectivity index is 2.12. The van der Waals surface area contributed by atoms with Gasteiger partial charge in [0.1, 0.15) is 11.5 Å². The molecule has 2 unspecified atom stereocenters. The molecule has 1 heterocycles. The highest BCUT2D eigenvalue weighted by atomic mass is 79.9. The molecule has 0 spiro atoms. The van der Waals surface area contributed by atoms with Gasteiger partial charge >= 0.3 is 0 Å². The van der Waals surface area contributed by atoms with Crippen LogP contribution in [-0.2, 0) is 0 Å². The molecule has 16 heavy (non-hydrogen) atoms. The van der Waals surface area contributed by atoms with Crippen LogP contribution < -0.4 is 0 Å². The highest BCUT2D eigenvalue weighted by Gasteiger charge is 2.36. The first kappa shape index (κ1) is 12.0. The lowest BCUT2D eigenvalue weighted by molar-refractivity contribution is 0.497.